The van der Waals surface area contributed by atoms with E-state index < -0.39 is 16.2 Å². The molecule has 0 N–H and O–H groups in total. The van der Waals surface area contributed by atoms with Crippen molar-refractivity contribution in [1.29, 1.82) is 0 Å². The minimum absolute atomic E-state index is 0.106. The Hall–Kier alpha value is -1.98. The van der Waals surface area contributed by atoms with Crippen molar-refractivity contribution in [2.45, 2.75) is 36.5 Å². The molecule has 28 heavy (non-hydrogen) atoms. The Balaban J connectivity index is 1.55. The Bertz CT molecular complexity index is 771. The Kier molecular flexibility index (Phi) is 7.40. The van der Waals surface area contributed by atoms with Crippen LogP contribution in [-0.4, -0.2) is 47.1 Å². The minimum atomic E-state index is -0.944. The predicted molar refractivity (Wildman–Crippen MR) is 113 cm³/mol. The van der Waals surface area contributed by atoms with E-state index in [0.29, 0.717) is 12.4 Å². The molecule has 1 aliphatic rings. The van der Waals surface area contributed by atoms with Crippen LogP contribution in [-0.2, 0) is 25.7 Å². The maximum atomic E-state index is 12.8. The second-order valence-corrected chi connectivity index (χ2v) is 8.80. The Labute approximate surface area is 170 Å². The Morgan fingerprint density at radius 2 is 1.64 bits per heavy atom. The third kappa shape index (κ3) is 4.89. The van der Waals surface area contributed by atoms with Crippen molar-refractivity contribution in [3.63, 3.8) is 0 Å². The van der Waals surface area contributed by atoms with E-state index in [4.69, 9.17) is 4.74 Å². The van der Waals surface area contributed by atoms with E-state index >= 15 is 0 Å². The summed E-state index contributed by atoms with van der Waals surface area (Å²) in [4.78, 5) is 16.1. The van der Waals surface area contributed by atoms with Crippen LogP contribution in [0.5, 0.6) is 0 Å². The second kappa shape index (κ2) is 9.99. The van der Waals surface area contributed by atoms with Crippen LogP contribution in [0.1, 0.15) is 31.7 Å². The summed E-state index contributed by atoms with van der Waals surface area (Å²) in [6.07, 6.45) is 2.41. The van der Waals surface area contributed by atoms with Crippen LogP contribution >= 0.6 is 0 Å². The number of likely N-dealkylation sites (tertiary alicyclic amines) is 1. The number of carbonyl (C=O) groups excluding carboxylic acids is 1. The van der Waals surface area contributed by atoms with Crippen LogP contribution in [0, 0.1) is 0 Å². The van der Waals surface area contributed by atoms with E-state index in [0.717, 1.165) is 49.4 Å². The van der Waals surface area contributed by atoms with Crippen molar-refractivity contribution in [1.82, 2.24) is 4.90 Å². The fourth-order valence-electron chi connectivity index (χ4n) is 3.90. The maximum Gasteiger partial charge on any atom is 0.316 e. The normalized spacial score (nSPS) is 17.8. The summed E-state index contributed by atoms with van der Waals surface area (Å²) in [5, 5.41) is 0. The van der Waals surface area contributed by atoms with Gasteiger partial charge in [-0.1, -0.05) is 48.5 Å². The third-order valence-electron chi connectivity index (χ3n) is 5.51. The summed E-state index contributed by atoms with van der Waals surface area (Å²) in [6, 6.07) is 19.7. The molecule has 1 heterocycles. The number of ether oxygens (including phenoxy) is 1. The first-order valence-corrected chi connectivity index (χ1v) is 11.4. The molecule has 3 rings (SSSR count). The first-order valence-electron chi connectivity index (χ1n) is 10.0. The summed E-state index contributed by atoms with van der Waals surface area (Å²) in [5.74, 6) is 0.563. The van der Waals surface area contributed by atoms with Crippen LogP contribution in [0.3, 0.4) is 0 Å². The lowest BCUT2D eigenvalue weighted by atomic mass is 9.72. The average Bonchev–Trinajstić information content (AvgIpc) is 2.75. The van der Waals surface area contributed by atoms with Gasteiger partial charge in [0.15, 0.2) is 0 Å². The zero-order valence-electron chi connectivity index (χ0n) is 16.5. The molecule has 2 aromatic rings. The fourth-order valence-corrected chi connectivity index (χ4v) is 4.99. The van der Waals surface area contributed by atoms with Gasteiger partial charge in [0.25, 0.3) is 0 Å². The molecule has 1 aliphatic heterocycles. The fraction of sp³-hybridized carbons (Fsp3) is 0.435. The van der Waals surface area contributed by atoms with Gasteiger partial charge in [-0.25, -0.2) is 0 Å². The molecule has 0 bridgehead atoms. The predicted octanol–water partition coefficient (Wildman–Crippen LogP) is 3.78. The van der Waals surface area contributed by atoms with E-state index in [1.54, 1.807) is 0 Å². The summed E-state index contributed by atoms with van der Waals surface area (Å²) >= 11 is 0. The van der Waals surface area contributed by atoms with Gasteiger partial charge >= 0.3 is 5.97 Å². The zero-order valence-corrected chi connectivity index (χ0v) is 17.3. The van der Waals surface area contributed by atoms with Crippen LogP contribution in [0.15, 0.2) is 65.6 Å². The molecule has 4 nitrogen and oxygen atoms in total. The van der Waals surface area contributed by atoms with E-state index in [1.807, 2.05) is 67.6 Å². The van der Waals surface area contributed by atoms with Gasteiger partial charge in [0.2, 0.25) is 0 Å². The second-order valence-electron chi connectivity index (χ2n) is 7.23. The van der Waals surface area contributed by atoms with Gasteiger partial charge in [-0.05, 0) is 63.5 Å². The standard InChI is InChI=1S/C23H29NO3S/c1-2-27-22(25)23(20-10-5-3-6-11-20)14-17-24(18-15-23)16-9-19-28(26)21-12-7-4-8-13-21/h3-8,10-13H,2,9,14-19H2,1H3. The van der Waals surface area contributed by atoms with Gasteiger partial charge in [-0.3, -0.25) is 9.00 Å². The summed E-state index contributed by atoms with van der Waals surface area (Å²) in [5.41, 5.74) is 0.513. The third-order valence-corrected chi connectivity index (χ3v) is 6.97. The van der Waals surface area contributed by atoms with E-state index in [2.05, 4.69) is 4.90 Å². The Morgan fingerprint density at radius 1 is 1.04 bits per heavy atom. The molecule has 0 amide bonds. The first kappa shape index (κ1) is 20.7. The molecule has 1 saturated heterocycles. The van der Waals surface area contributed by atoms with Crippen LogP contribution in [0.2, 0.25) is 0 Å². The largest absolute Gasteiger partial charge is 0.465 e. The topological polar surface area (TPSA) is 46.6 Å². The van der Waals surface area contributed by atoms with Crippen molar-refractivity contribution in [3.8, 4) is 0 Å². The number of hydrogen-bond donors (Lipinski definition) is 0. The van der Waals surface area contributed by atoms with E-state index in [-0.39, 0.29) is 5.97 Å². The molecule has 0 aliphatic carbocycles. The molecule has 150 valence electrons. The average molecular weight is 400 g/mol. The minimum Gasteiger partial charge on any atom is -0.465 e. The van der Waals surface area contributed by atoms with Gasteiger partial charge in [0.05, 0.1) is 22.8 Å². The number of carbonyl (C=O) groups is 1. The zero-order chi connectivity index (χ0) is 19.8. The molecular formula is C23H29NO3S. The highest BCUT2D eigenvalue weighted by atomic mass is 32.2. The van der Waals surface area contributed by atoms with Crippen LogP contribution in [0.25, 0.3) is 0 Å². The Morgan fingerprint density at radius 3 is 2.25 bits per heavy atom. The summed E-state index contributed by atoms with van der Waals surface area (Å²) in [7, 11) is -0.944. The van der Waals surface area contributed by atoms with Gasteiger partial charge in [-0.2, -0.15) is 0 Å². The van der Waals surface area contributed by atoms with Crippen molar-refractivity contribution >= 4 is 16.8 Å². The molecule has 0 saturated carbocycles. The molecular weight excluding hydrogens is 370 g/mol. The molecule has 0 aromatic heterocycles. The highest BCUT2D eigenvalue weighted by molar-refractivity contribution is 7.85. The lowest BCUT2D eigenvalue weighted by molar-refractivity contribution is -0.152. The highest BCUT2D eigenvalue weighted by Crippen LogP contribution is 2.37. The number of hydrogen-bond acceptors (Lipinski definition) is 4. The monoisotopic (exact) mass is 399 g/mol. The molecule has 2 aromatic carbocycles. The lowest BCUT2D eigenvalue weighted by Crippen LogP contribution is -2.48. The van der Waals surface area contributed by atoms with Gasteiger partial charge in [0.1, 0.15) is 0 Å². The van der Waals surface area contributed by atoms with Crippen molar-refractivity contribution in [2.75, 3.05) is 32.0 Å². The molecule has 1 fully saturated rings. The summed E-state index contributed by atoms with van der Waals surface area (Å²) < 4.78 is 17.8. The van der Waals surface area contributed by atoms with Gasteiger partial charge in [-0.15, -0.1) is 0 Å². The number of rotatable bonds is 8. The van der Waals surface area contributed by atoms with Crippen LogP contribution < -0.4 is 0 Å². The number of esters is 1. The lowest BCUT2D eigenvalue weighted by Gasteiger charge is -2.40. The highest BCUT2D eigenvalue weighted by Gasteiger charge is 2.43. The van der Waals surface area contributed by atoms with Crippen molar-refractivity contribution < 1.29 is 13.7 Å². The number of benzene rings is 2. The molecule has 0 radical (unpaired) electrons. The maximum absolute atomic E-state index is 12.8. The molecule has 1 atom stereocenters. The summed E-state index contributed by atoms with van der Waals surface area (Å²) in [6.45, 7) is 4.88. The first-order chi connectivity index (χ1) is 13.7. The quantitative estimate of drug-likeness (QED) is 0.634. The van der Waals surface area contributed by atoms with Crippen molar-refractivity contribution in [3.05, 3.63) is 66.2 Å². The number of piperidine rings is 1. The van der Waals surface area contributed by atoms with E-state index in [1.165, 1.54) is 0 Å². The smallest absolute Gasteiger partial charge is 0.316 e. The van der Waals surface area contributed by atoms with Gasteiger partial charge in [0, 0.05) is 10.6 Å². The van der Waals surface area contributed by atoms with Gasteiger partial charge < -0.3 is 9.64 Å². The molecule has 0 spiro atoms. The molecule has 5 heteroatoms. The van der Waals surface area contributed by atoms with E-state index in [9.17, 15) is 9.00 Å². The number of nitrogens with zero attached hydrogens (tertiary/aromatic N) is 1. The van der Waals surface area contributed by atoms with Crippen molar-refractivity contribution in [2.24, 2.45) is 0 Å². The molecule has 1 unspecified atom stereocenters. The SMILES string of the molecule is CCOC(=O)C1(c2ccccc2)CCN(CCCS(=O)c2ccccc2)CC1. The van der Waals surface area contributed by atoms with Crippen LogP contribution in [0.4, 0.5) is 0 Å².